The number of aliphatic hydroxyl groups excluding tert-OH is 2. The average molecular weight is 827 g/mol. The Morgan fingerprint density at radius 2 is 1.54 bits per heavy atom. The van der Waals surface area contributed by atoms with Crippen LogP contribution in [0.5, 0.6) is 0 Å². The molecule has 0 amide bonds. The molecule has 0 unspecified atom stereocenters. The Labute approximate surface area is 361 Å². The van der Waals surface area contributed by atoms with Gasteiger partial charge in [0.05, 0.1) is 12.7 Å². The van der Waals surface area contributed by atoms with Crippen molar-refractivity contribution in [2.45, 2.75) is 239 Å². The van der Waals surface area contributed by atoms with E-state index in [2.05, 4.69) is 54.2 Å². The number of carbonyl (C=O) groups is 1. The highest BCUT2D eigenvalue weighted by Crippen LogP contribution is 2.67. The lowest BCUT2D eigenvalue weighted by Crippen LogP contribution is -2.61. The Morgan fingerprint density at radius 1 is 0.864 bits per heavy atom. The molecular formula is C52H90O7. The average Bonchev–Trinajstić information content (AvgIpc) is 3.57. The summed E-state index contributed by atoms with van der Waals surface area (Å²) in [4.78, 5) is 12.7. The van der Waals surface area contributed by atoms with Crippen LogP contribution in [0.4, 0.5) is 0 Å². The highest BCUT2D eigenvalue weighted by molar-refractivity contribution is 5.69. The minimum atomic E-state index is -1.27. The zero-order chi connectivity index (χ0) is 42.4. The molecule has 340 valence electrons. The molecule has 0 aromatic carbocycles. The summed E-state index contributed by atoms with van der Waals surface area (Å²) < 4.78 is 24.7. The van der Waals surface area contributed by atoms with Gasteiger partial charge >= 0.3 is 5.97 Å². The Kier molecular flexibility index (Phi) is 19.8. The third-order valence-electron chi connectivity index (χ3n) is 16.5. The predicted molar refractivity (Wildman–Crippen MR) is 240 cm³/mol. The minimum Gasteiger partial charge on any atom is -0.463 e. The van der Waals surface area contributed by atoms with Crippen LogP contribution in [-0.4, -0.2) is 66.2 Å². The second kappa shape index (κ2) is 24.0. The van der Waals surface area contributed by atoms with Crippen molar-refractivity contribution in [2.75, 3.05) is 13.2 Å². The largest absolute Gasteiger partial charge is 0.463 e. The fraction of sp³-hybridized carbons (Fsp3) is 0.904. The predicted octanol–water partition coefficient (Wildman–Crippen LogP) is 12.5. The number of ether oxygens (including phenoxy) is 4. The summed E-state index contributed by atoms with van der Waals surface area (Å²) in [7, 11) is 0. The maximum Gasteiger partial charge on any atom is 0.305 e. The van der Waals surface area contributed by atoms with Crippen LogP contribution in [0.1, 0.15) is 202 Å². The molecule has 7 heteroatoms. The third-order valence-corrected chi connectivity index (χ3v) is 16.5. The highest BCUT2D eigenvalue weighted by atomic mass is 16.7. The quantitative estimate of drug-likeness (QED) is 0.0509. The summed E-state index contributed by atoms with van der Waals surface area (Å²) in [5.74, 6) is 4.52. The molecule has 5 aliphatic rings. The molecule has 0 radical (unpaired) electrons. The van der Waals surface area contributed by atoms with E-state index in [0.29, 0.717) is 11.8 Å². The normalized spacial score (nSPS) is 36.1. The van der Waals surface area contributed by atoms with Gasteiger partial charge in [0.1, 0.15) is 31.0 Å². The lowest BCUT2D eigenvalue weighted by atomic mass is 9.47. The van der Waals surface area contributed by atoms with Gasteiger partial charge in [-0.15, -0.1) is 6.58 Å². The summed E-state index contributed by atoms with van der Waals surface area (Å²) in [6.07, 6.45) is 29.2. The van der Waals surface area contributed by atoms with Crippen LogP contribution in [0.15, 0.2) is 24.3 Å². The first-order valence-electron chi connectivity index (χ1n) is 25.2. The molecule has 5 rings (SSSR count). The van der Waals surface area contributed by atoms with Crippen LogP contribution in [0.25, 0.3) is 0 Å². The fourth-order valence-corrected chi connectivity index (χ4v) is 13.0. The van der Waals surface area contributed by atoms with Crippen LogP contribution < -0.4 is 0 Å². The van der Waals surface area contributed by atoms with Crippen LogP contribution in [0, 0.1) is 46.3 Å². The van der Waals surface area contributed by atoms with Gasteiger partial charge in [0.2, 0.25) is 0 Å². The number of hydrogen-bond donors (Lipinski definition) is 2. The highest BCUT2D eigenvalue weighted by Gasteiger charge is 2.59. The number of hydrogen-bond acceptors (Lipinski definition) is 7. The number of esters is 1. The summed E-state index contributed by atoms with van der Waals surface area (Å²) in [5.41, 5.74) is 2.20. The molecule has 59 heavy (non-hydrogen) atoms. The molecule has 2 N–H and O–H groups in total. The molecule has 4 fully saturated rings. The number of unbranched alkanes of at least 4 members (excludes halogenated alkanes) is 12. The van der Waals surface area contributed by atoms with E-state index in [9.17, 15) is 15.0 Å². The summed E-state index contributed by atoms with van der Waals surface area (Å²) in [6.45, 7) is 18.6. The van der Waals surface area contributed by atoms with E-state index in [1.807, 2.05) is 0 Å². The number of carbonyl (C=O) groups excluding carboxylic acids is 1. The lowest BCUT2D eigenvalue weighted by molar-refractivity contribution is -0.320. The molecule has 1 saturated heterocycles. The van der Waals surface area contributed by atoms with E-state index in [1.54, 1.807) is 6.08 Å². The van der Waals surface area contributed by atoms with E-state index in [-0.39, 0.29) is 30.7 Å². The second-order valence-corrected chi connectivity index (χ2v) is 21.1. The van der Waals surface area contributed by atoms with Gasteiger partial charge in [-0.3, -0.25) is 4.79 Å². The maximum absolute atomic E-state index is 12.7. The SMILES string of the molecule is C=CCO[C@H]1[C@H](O[C@H]2CC[C@@]3(C)C(=CC[C@H]4[C@@H]5CC[C@H]([C@H](C)CCCC(C)C)[C@@]5(C)CC[C@@H]43)C2)O[C@H](COC(=O)CCCCCCCCCCCCCCC)[C@H](O)[C@@H]1O. The van der Waals surface area contributed by atoms with Crippen molar-refractivity contribution in [3.05, 3.63) is 24.3 Å². The minimum absolute atomic E-state index is 0.0803. The van der Waals surface area contributed by atoms with Gasteiger partial charge < -0.3 is 29.2 Å². The molecular weight excluding hydrogens is 737 g/mol. The Bertz CT molecular complexity index is 1280. The molecule has 7 nitrogen and oxygen atoms in total. The van der Waals surface area contributed by atoms with Gasteiger partial charge in [-0.25, -0.2) is 0 Å². The van der Waals surface area contributed by atoms with Crippen molar-refractivity contribution in [3.63, 3.8) is 0 Å². The lowest BCUT2D eigenvalue weighted by Gasteiger charge is -2.58. The first kappa shape index (κ1) is 48.8. The first-order valence-corrected chi connectivity index (χ1v) is 25.2. The molecule has 13 atom stereocenters. The van der Waals surface area contributed by atoms with E-state index in [0.717, 1.165) is 74.0 Å². The molecule has 1 aliphatic heterocycles. The number of allylic oxidation sites excluding steroid dienone is 1. The maximum atomic E-state index is 12.7. The van der Waals surface area contributed by atoms with E-state index >= 15 is 0 Å². The van der Waals surface area contributed by atoms with Crippen LogP contribution >= 0.6 is 0 Å². The van der Waals surface area contributed by atoms with Crippen molar-refractivity contribution in [3.8, 4) is 0 Å². The summed E-state index contributed by atoms with van der Waals surface area (Å²) in [5, 5.41) is 22.4. The molecule has 0 spiro atoms. The number of aliphatic hydroxyl groups is 2. The summed E-state index contributed by atoms with van der Waals surface area (Å²) >= 11 is 0. The van der Waals surface area contributed by atoms with Crippen molar-refractivity contribution >= 4 is 5.97 Å². The van der Waals surface area contributed by atoms with Crippen LogP contribution in [-0.2, 0) is 23.7 Å². The summed E-state index contributed by atoms with van der Waals surface area (Å²) in [6, 6.07) is 0. The Balaban J connectivity index is 1.08. The van der Waals surface area contributed by atoms with E-state index in [4.69, 9.17) is 18.9 Å². The standard InChI is InChI=1S/C52H90O7/c1-8-10-11-12-13-14-15-16-17-18-19-20-21-25-46(53)57-36-45-47(54)48(55)49(56-34-9-2)50(59-45)58-40-30-32-51(6)39(35-40)26-27-41-43-29-28-42(38(5)24-22-23-37(3)4)52(43,7)33-31-44(41)51/h9,26,37-38,40-45,47-50,54-55H,2,8,10-25,27-36H2,1,3-7H3/t38-,40+,41+,42-,43+,44+,45-,47+,48+,49-,50-,51+,52-/m1/s1. The van der Waals surface area contributed by atoms with Crippen molar-refractivity contribution < 1.29 is 34.0 Å². The third kappa shape index (κ3) is 12.9. The molecule has 0 aromatic heterocycles. The molecule has 0 aromatic rings. The van der Waals surface area contributed by atoms with E-state index < -0.39 is 30.7 Å². The molecule has 0 bridgehead atoms. The topological polar surface area (TPSA) is 94.5 Å². The molecule has 3 saturated carbocycles. The van der Waals surface area contributed by atoms with Gasteiger partial charge in [0.25, 0.3) is 0 Å². The smallest absolute Gasteiger partial charge is 0.305 e. The van der Waals surface area contributed by atoms with Crippen LogP contribution in [0.3, 0.4) is 0 Å². The van der Waals surface area contributed by atoms with Crippen molar-refractivity contribution in [1.29, 1.82) is 0 Å². The molecule has 4 aliphatic carbocycles. The Hall–Kier alpha value is -1.25. The Morgan fingerprint density at radius 3 is 2.20 bits per heavy atom. The van der Waals surface area contributed by atoms with E-state index in [1.165, 1.54) is 121 Å². The number of fused-ring (bicyclic) bond motifs is 5. The second-order valence-electron chi connectivity index (χ2n) is 21.1. The zero-order valence-electron chi connectivity index (χ0n) is 38.8. The number of rotatable bonds is 26. The molecule has 1 heterocycles. The first-order chi connectivity index (χ1) is 28.4. The monoisotopic (exact) mass is 827 g/mol. The van der Waals surface area contributed by atoms with Gasteiger partial charge in [-0.05, 0) is 104 Å². The van der Waals surface area contributed by atoms with Crippen molar-refractivity contribution in [2.24, 2.45) is 46.3 Å². The fourth-order valence-electron chi connectivity index (χ4n) is 13.0. The van der Waals surface area contributed by atoms with Gasteiger partial charge in [0, 0.05) is 6.42 Å². The van der Waals surface area contributed by atoms with Crippen LogP contribution in [0.2, 0.25) is 0 Å². The zero-order valence-corrected chi connectivity index (χ0v) is 38.8. The van der Waals surface area contributed by atoms with Gasteiger partial charge in [0.15, 0.2) is 6.29 Å². The van der Waals surface area contributed by atoms with Crippen molar-refractivity contribution in [1.82, 2.24) is 0 Å². The van der Waals surface area contributed by atoms with Gasteiger partial charge in [-0.2, -0.15) is 0 Å². The van der Waals surface area contributed by atoms with Gasteiger partial charge in [-0.1, -0.05) is 156 Å².